The lowest BCUT2D eigenvalue weighted by atomic mass is 10.1. The van der Waals surface area contributed by atoms with E-state index in [0.717, 1.165) is 37.8 Å². The standard InChI is InChI=1S/C17H24N2O6/c1-2-3-4-5-8-18-13(17(24)25)10-15(21)19-11-6-7-14(20)12(9-11)16(22)23/h6-7,9,13,18,20H,2-5,8,10H2,1H3,(H,19,21)(H,22,23)(H,24,25). The van der Waals surface area contributed by atoms with Gasteiger partial charge in [0.25, 0.3) is 0 Å². The lowest BCUT2D eigenvalue weighted by molar-refractivity contribution is -0.141. The Kier molecular flexibility index (Phi) is 8.42. The van der Waals surface area contributed by atoms with Crippen molar-refractivity contribution >= 4 is 23.5 Å². The number of carbonyl (C=O) groups is 3. The third-order valence-electron chi connectivity index (χ3n) is 3.62. The van der Waals surface area contributed by atoms with Gasteiger partial charge in [0.05, 0.1) is 6.42 Å². The van der Waals surface area contributed by atoms with Gasteiger partial charge in [-0.25, -0.2) is 4.79 Å². The van der Waals surface area contributed by atoms with Crippen LogP contribution in [0.25, 0.3) is 0 Å². The number of amides is 1. The first-order valence-corrected chi connectivity index (χ1v) is 8.17. The van der Waals surface area contributed by atoms with Gasteiger partial charge in [-0.15, -0.1) is 0 Å². The molecule has 138 valence electrons. The van der Waals surface area contributed by atoms with Gasteiger partial charge in [0.2, 0.25) is 5.91 Å². The molecule has 1 rings (SSSR count). The third kappa shape index (κ3) is 7.21. The van der Waals surface area contributed by atoms with Crippen LogP contribution in [0.3, 0.4) is 0 Å². The van der Waals surface area contributed by atoms with E-state index in [4.69, 9.17) is 5.11 Å². The Hall–Kier alpha value is -2.61. The molecule has 8 heteroatoms. The lowest BCUT2D eigenvalue weighted by Crippen LogP contribution is -2.40. The van der Waals surface area contributed by atoms with Gasteiger partial charge in [0.15, 0.2) is 0 Å². The van der Waals surface area contributed by atoms with E-state index in [1.807, 2.05) is 0 Å². The molecule has 0 heterocycles. The fourth-order valence-corrected chi connectivity index (χ4v) is 2.26. The van der Waals surface area contributed by atoms with Gasteiger partial charge in [0, 0.05) is 5.69 Å². The molecule has 8 nitrogen and oxygen atoms in total. The van der Waals surface area contributed by atoms with Crippen molar-refractivity contribution in [2.75, 3.05) is 11.9 Å². The number of phenols is 1. The van der Waals surface area contributed by atoms with Gasteiger partial charge in [0.1, 0.15) is 17.4 Å². The molecule has 0 aliphatic heterocycles. The second kappa shape index (κ2) is 10.3. The minimum absolute atomic E-state index is 0.173. The predicted molar refractivity (Wildman–Crippen MR) is 91.9 cm³/mol. The fourth-order valence-electron chi connectivity index (χ4n) is 2.26. The Morgan fingerprint density at radius 3 is 2.44 bits per heavy atom. The number of aliphatic carboxylic acids is 1. The molecule has 0 radical (unpaired) electrons. The first-order chi connectivity index (χ1) is 11.8. The molecule has 0 spiro atoms. The van der Waals surface area contributed by atoms with E-state index in [1.165, 1.54) is 6.07 Å². The first kappa shape index (κ1) is 20.4. The van der Waals surface area contributed by atoms with Crippen LogP contribution in [0.1, 0.15) is 49.4 Å². The van der Waals surface area contributed by atoms with Crippen LogP contribution in [0, 0.1) is 0 Å². The first-order valence-electron chi connectivity index (χ1n) is 8.17. The van der Waals surface area contributed by atoms with E-state index < -0.39 is 29.6 Å². The van der Waals surface area contributed by atoms with E-state index in [2.05, 4.69) is 17.6 Å². The van der Waals surface area contributed by atoms with Gasteiger partial charge < -0.3 is 26.0 Å². The highest BCUT2D eigenvalue weighted by Gasteiger charge is 2.21. The summed E-state index contributed by atoms with van der Waals surface area (Å²) < 4.78 is 0. The Balaban J connectivity index is 2.58. The zero-order valence-electron chi connectivity index (χ0n) is 14.1. The molecule has 1 unspecified atom stereocenters. The van der Waals surface area contributed by atoms with Gasteiger partial charge >= 0.3 is 11.9 Å². The smallest absolute Gasteiger partial charge is 0.339 e. The van der Waals surface area contributed by atoms with E-state index in [9.17, 15) is 24.6 Å². The summed E-state index contributed by atoms with van der Waals surface area (Å²) in [5.74, 6) is -3.42. The number of hydrogen-bond acceptors (Lipinski definition) is 5. The second-order valence-corrected chi connectivity index (χ2v) is 5.69. The molecule has 0 fully saturated rings. The minimum atomic E-state index is -1.33. The van der Waals surface area contributed by atoms with Crippen molar-refractivity contribution in [1.29, 1.82) is 0 Å². The summed E-state index contributed by atoms with van der Waals surface area (Å²) in [7, 11) is 0. The van der Waals surface area contributed by atoms with Crippen LogP contribution >= 0.6 is 0 Å². The van der Waals surface area contributed by atoms with Crippen molar-refractivity contribution < 1.29 is 29.7 Å². The average molecular weight is 352 g/mol. The highest BCUT2D eigenvalue weighted by molar-refractivity contribution is 5.97. The molecule has 0 aliphatic rings. The summed E-state index contributed by atoms with van der Waals surface area (Å²) in [6.07, 6.45) is 3.70. The van der Waals surface area contributed by atoms with Crippen molar-refractivity contribution in [2.24, 2.45) is 0 Å². The van der Waals surface area contributed by atoms with Crippen LogP contribution < -0.4 is 10.6 Å². The molecular formula is C17H24N2O6. The number of carboxylic acid groups (broad SMARTS) is 2. The molecular weight excluding hydrogens is 328 g/mol. The number of hydrogen-bond donors (Lipinski definition) is 5. The number of carboxylic acids is 2. The molecule has 5 N–H and O–H groups in total. The van der Waals surface area contributed by atoms with Crippen molar-refractivity contribution in [1.82, 2.24) is 5.32 Å². The summed E-state index contributed by atoms with van der Waals surface area (Å²) in [5.41, 5.74) is -0.172. The van der Waals surface area contributed by atoms with Crippen LogP contribution in [0.2, 0.25) is 0 Å². The quantitative estimate of drug-likeness (QED) is 0.304. The molecule has 1 amide bonds. The van der Waals surface area contributed by atoms with Gasteiger partial charge in [-0.3, -0.25) is 9.59 Å². The fraction of sp³-hybridized carbons (Fsp3) is 0.471. The summed E-state index contributed by atoms with van der Waals surface area (Å²) in [4.78, 5) is 34.2. The molecule has 1 aromatic rings. The highest BCUT2D eigenvalue weighted by Crippen LogP contribution is 2.21. The zero-order valence-corrected chi connectivity index (χ0v) is 14.1. The number of aromatic carboxylic acids is 1. The second-order valence-electron chi connectivity index (χ2n) is 5.69. The number of aromatic hydroxyl groups is 1. The number of nitrogens with one attached hydrogen (secondary N) is 2. The van der Waals surface area contributed by atoms with Gasteiger partial charge in [-0.2, -0.15) is 0 Å². The van der Waals surface area contributed by atoms with Gasteiger partial charge in [-0.05, 0) is 31.2 Å². The molecule has 0 aromatic heterocycles. The SMILES string of the molecule is CCCCCCNC(CC(=O)Nc1ccc(O)c(C(=O)O)c1)C(=O)O. The number of anilines is 1. The molecule has 1 atom stereocenters. The van der Waals surface area contributed by atoms with E-state index in [1.54, 1.807) is 0 Å². The topological polar surface area (TPSA) is 136 Å². The predicted octanol–water partition coefficient (Wildman–Crippen LogP) is 2.04. The Bertz CT molecular complexity index is 617. The van der Waals surface area contributed by atoms with E-state index in [-0.39, 0.29) is 17.7 Å². The van der Waals surface area contributed by atoms with Gasteiger partial charge in [-0.1, -0.05) is 26.2 Å². The maximum Gasteiger partial charge on any atom is 0.339 e. The summed E-state index contributed by atoms with van der Waals surface area (Å²) >= 11 is 0. The molecule has 25 heavy (non-hydrogen) atoms. The van der Waals surface area contributed by atoms with Crippen molar-refractivity contribution in [3.05, 3.63) is 23.8 Å². The van der Waals surface area contributed by atoms with Crippen LogP contribution in [-0.2, 0) is 9.59 Å². The lowest BCUT2D eigenvalue weighted by Gasteiger charge is -2.14. The average Bonchev–Trinajstić information content (AvgIpc) is 2.54. The van der Waals surface area contributed by atoms with Crippen molar-refractivity contribution in [2.45, 2.75) is 45.1 Å². The maximum absolute atomic E-state index is 12.0. The highest BCUT2D eigenvalue weighted by atomic mass is 16.4. The van der Waals surface area contributed by atoms with Crippen molar-refractivity contribution in [3.8, 4) is 5.75 Å². The summed E-state index contributed by atoms with van der Waals surface area (Å²) in [6, 6.07) is 2.59. The largest absolute Gasteiger partial charge is 0.507 e. The molecule has 0 aliphatic carbocycles. The Morgan fingerprint density at radius 2 is 1.84 bits per heavy atom. The maximum atomic E-state index is 12.0. The number of rotatable bonds is 11. The third-order valence-corrected chi connectivity index (χ3v) is 3.62. The minimum Gasteiger partial charge on any atom is -0.507 e. The van der Waals surface area contributed by atoms with E-state index in [0.29, 0.717) is 6.54 Å². The number of unbranched alkanes of at least 4 members (excludes halogenated alkanes) is 3. The van der Waals surface area contributed by atoms with Crippen molar-refractivity contribution in [3.63, 3.8) is 0 Å². The Labute approximate surface area is 145 Å². The molecule has 0 saturated heterocycles. The molecule has 1 aromatic carbocycles. The van der Waals surface area contributed by atoms with Crippen LogP contribution in [0.5, 0.6) is 5.75 Å². The van der Waals surface area contributed by atoms with Crippen LogP contribution in [0.4, 0.5) is 5.69 Å². The normalized spacial score (nSPS) is 11.7. The zero-order chi connectivity index (χ0) is 18.8. The summed E-state index contributed by atoms with van der Waals surface area (Å²) in [5, 5.41) is 32.8. The monoisotopic (exact) mass is 352 g/mol. The summed E-state index contributed by atoms with van der Waals surface area (Å²) in [6.45, 7) is 2.59. The number of carbonyl (C=O) groups excluding carboxylic acids is 1. The number of benzene rings is 1. The van der Waals surface area contributed by atoms with Crippen LogP contribution in [0.15, 0.2) is 18.2 Å². The van der Waals surface area contributed by atoms with Crippen LogP contribution in [-0.4, -0.2) is 45.8 Å². The van der Waals surface area contributed by atoms with E-state index >= 15 is 0 Å². The molecule has 0 saturated carbocycles. The Morgan fingerprint density at radius 1 is 1.12 bits per heavy atom. The molecule has 0 bridgehead atoms.